The van der Waals surface area contributed by atoms with Crippen molar-refractivity contribution in [3.8, 4) is 0 Å². The van der Waals surface area contributed by atoms with E-state index in [2.05, 4.69) is 26.6 Å². The van der Waals surface area contributed by atoms with E-state index >= 15 is 0 Å². The largest absolute Gasteiger partial charge is 0.481 e. The van der Waals surface area contributed by atoms with E-state index in [1.165, 1.54) is 0 Å². The number of amides is 5. The average molecular weight is 1010 g/mol. The minimum Gasteiger partial charge on any atom is -0.481 e. The Morgan fingerprint density at radius 1 is 0.542 bits per heavy atom. The number of carbonyl (C=O) groups is 10. The Morgan fingerprint density at radius 2 is 1.11 bits per heavy atom. The highest BCUT2D eigenvalue weighted by Crippen LogP contribution is 2.29. The molecule has 2 aromatic rings. The molecule has 0 unspecified atom stereocenters. The van der Waals surface area contributed by atoms with Crippen molar-refractivity contribution in [3.63, 3.8) is 0 Å². The molecule has 11 N–H and O–H groups in total. The van der Waals surface area contributed by atoms with Gasteiger partial charge in [-0.15, -0.1) is 0 Å². The fraction of sp³-hybridized carbons (Fsp3) is 0.592. The SMILES string of the molecule is O=C(O)CCCCN(CCN(CCCCC(=O)NCC1CCC(C(=O)N[C@@H](Cc2ccc3ccccc3c2)C(=O)NCCCC[C@H](NC(=O)N[C@@H](CCC(=O)O)C(=O)O)C(=O)O)CC1)CC(=O)O)CC(=O)O. The van der Waals surface area contributed by atoms with Crippen LogP contribution < -0.4 is 26.6 Å². The molecular weight excluding hydrogens is 943 g/mol. The Balaban J connectivity index is 1.46. The van der Waals surface area contributed by atoms with Gasteiger partial charge in [-0.2, -0.15) is 0 Å². The van der Waals surface area contributed by atoms with Crippen molar-refractivity contribution in [2.45, 2.75) is 121 Å². The molecule has 5 amide bonds. The van der Waals surface area contributed by atoms with Crippen molar-refractivity contribution >= 4 is 70.3 Å². The lowest BCUT2D eigenvalue weighted by Gasteiger charge is -2.29. The summed E-state index contributed by atoms with van der Waals surface area (Å²) in [5.74, 6) is -8.24. The van der Waals surface area contributed by atoms with Gasteiger partial charge in [0.25, 0.3) is 0 Å². The first-order chi connectivity index (χ1) is 34.3. The normalized spacial score (nSPS) is 15.7. The smallest absolute Gasteiger partial charge is 0.326 e. The molecule has 0 heterocycles. The van der Waals surface area contributed by atoms with Crippen LogP contribution in [0.15, 0.2) is 42.5 Å². The predicted octanol–water partition coefficient (Wildman–Crippen LogP) is 2.35. The van der Waals surface area contributed by atoms with Gasteiger partial charge in [-0.3, -0.25) is 43.4 Å². The molecule has 1 fully saturated rings. The van der Waals surface area contributed by atoms with Crippen molar-refractivity contribution in [2.24, 2.45) is 11.8 Å². The molecule has 23 nitrogen and oxygen atoms in total. The lowest BCUT2D eigenvalue weighted by Crippen LogP contribution is -2.51. The maximum absolute atomic E-state index is 13.7. The highest BCUT2D eigenvalue weighted by Gasteiger charge is 2.30. The number of hydrogen-bond donors (Lipinski definition) is 11. The zero-order valence-electron chi connectivity index (χ0n) is 40.6. The van der Waals surface area contributed by atoms with E-state index in [0.29, 0.717) is 77.4 Å². The second-order valence-electron chi connectivity index (χ2n) is 18.2. The van der Waals surface area contributed by atoms with Crippen molar-refractivity contribution in [2.75, 3.05) is 52.4 Å². The molecule has 1 aliphatic carbocycles. The maximum atomic E-state index is 13.7. The van der Waals surface area contributed by atoms with E-state index < -0.39 is 78.7 Å². The standard InChI is InChI=1S/C49H71N7O16/c57-40(12-4-7-23-55(30-43(62)63)25-26-56(31-44(64)65)24-8-5-13-41(58)59)51-29-32-14-18-35(19-15-32)45(66)52-39(28-33-16-17-34-9-1-2-10-36(34)27-33)46(67)50-22-6-3-11-37(47(68)69)53-49(72)54-38(48(70)71)20-21-42(60)61/h1-2,9-10,16-17,27,32,35,37-39H,3-8,11-15,18-26,28-31H2,(H,50,67)(H,51,57)(H,52,66)(H,58,59)(H,60,61)(H,62,63)(H,64,65)(H,68,69)(H,70,71)(H2,53,54,72)/t32?,35?,37-,38-,39-/m0/s1. The van der Waals surface area contributed by atoms with E-state index in [1.807, 2.05) is 42.5 Å². The van der Waals surface area contributed by atoms with Gasteiger partial charge in [-0.1, -0.05) is 42.5 Å². The van der Waals surface area contributed by atoms with Crippen LogP contribution in [0, 0.1) is 11.8 Å². The fourth-order valence-corrected chi connectivity index (χ4v) is 8.46. The Morgan fingerprint density at radius 3 is 1.68 bits per heavy atom. The van der Waals surface area contributed by atoms with Crippen LogP contribution in [0.1, 0.15) is 102 Å². The Hall–Kier alpha value is -6.88. The van der Waals surface area contributed by atoms with Crippen LogP contribution >= 0.6 is 0 Å². The van der Waals surface area contributed by atoms with Gasteiger partial charge in [0.05, 0.1) is 13.1 Å². The molecule has 1 aliphatic rings. The number of carboxylic acids is 6. The molecule has 3 atom stereocenters. The number of urea groups is 1. The van der Waals surface area contributed by atoms with Crippen LogP contribution in [-0.4, -0.2) is 170 Å². The van der Waals surface area contributed by atoms with E-state index in [4.69, 9.17) is 10.2 Å². The highest BCUT2D eigenvalue weighted by atomic mass is 16.4. The summed E-state index contributed by atoms with van der Waals surface area (Å²) in [7, 11) is 0. The number of fused-ring (bicyclic) bond motifs is 1. The second kappa shape index (κ2) is 32.2. The Labute approximate surface area is 417 Å². The molecule has 23 heteroatoms. The number of nitrogens with one attached hydrogen (secondary N) is 5. The number of aliphatic carboxylic acids is 6. The third-order valence-electron chi connectivity index (χ3n) is 12.5. The van der Waals surface area contributed by atoms with Crippen LogP contribution in [0.25, 0.3) is 10.8 Å². The molecule has 0 spiro atoms. The number of benzene rings is 2. The first kappa shape index (κ1) is 59.4. The number of carbonyl (C=O) groups excluding carboxylic acids is 4. The summed E-state index contributed by atoms with van der Waals surface area (Å²) in [5, 5.41) is 70.4. The van der Waals surface area contributed by atoms with E-state index in [9.17, 15) is 68.4 Å². The second-order valence-corrected chi connectivity index (χ2v) is 18.2. The van der Waals surface area contributed by atoms with Crippen LogP contribution in [0.5, 0.6) is 0 Å². The van der Waals surface area contributed by atoms with Gasteiger partial charge in [-0.25, -0.2) is 14.4 Å². The fourth-order valence-electron chi connectivity index (χ4n) is 8.46. The zero-order valence-corrected chi connectivity index (χ0v) is 40.6. The van der Waals surface area contributed by atoms with Crippen LogP contribution in [0.3, 0.4) is 0 Å². The predicted molar refractivity (Wildman–Crippen MR) is 260 cm³/mol. The summed E-state index contributed by atoms with van der Waals surface area (Å²) in [6, 6.07) is 8.52. The topological polar surface area (TPSA) is 359 Å². The monoisotopic (exact) mass is 1010 g/mol. The van der Waals surface area contributed by atoms with Crippen molar-refractivity contribution in [1.29, 1.82) is 0 Å². The Bertz CT molecular complexity index is 2150. The molecule has 398 valence electrons. The first-order valence-corrected chi connectivity index (χ1v) is 24.5. The van der Waals surface area contributed by atoms with E-state index in [-0.39, 0.29) is 88.5 Å². The molecule has 3 rings (SSSR count). The van der Waals surface area contributed by atoms with Gasteiger partial charge in [0, 0.05) is 57.8 Å². The van der Waals surface area contributed by atoms with Gasteiger partial charge in [0.1, 0.15) is 18.1 Å². The van der Waals surface area contributed by atoms with Crippen molar-refractivity contribution in [3.05, 3.63) is 48.0 Å². The van der Waals surface area contributed by atoms with Gasteiger partial charge in [0.15, 0.2) is 0 Å². The van der Waals surface area contributed by atoms with Crippen molar-refractivity contribution < 1.29 is 78.6 Å². The van der Waals surface area contributed by atoms with Gasteiger partial charge < -0.3 is 57.2 Å². The van der Waals surface area contributed by atoms with Crippen LogP contribution in [0.4, 0.5) is 4.79 Å². The molecule has 2 aromatic carbocycles. The zero-order chi connectivity index (χ0) is 53.0. The third-order valence-corrected chi connectivity index (χ3v) is 12.5. The van der Waals surface area contributed by atoms with Crippen molar-refractivity contribution in [1.82, 2.24) is 36.4 Å². The number of unbranched alkanes of at least 4 members (excludes halogenated alkanes) is 3. The Kier molecular flexibility index (Phi) is 26.5. The molecule has 0 bridgehead atoms. The van der Waals surface area contributed by atoms with Gasteiger partial charge in [0.2, 0.25) is 17.7 Å². The molecule has 0 saturated heterocycles. The lowest BCUT2D eigenvalue weighted by molar-refractivity contribution is -0.141. The average Bonchev–Trinajstić information content (AvgIpc) is 3.32. The third kappa shape index (κ3) is 24.3. The van der Waals surface area contributed by atoms with Gasteiger partial charge in [-0.05, 0) is 112 Å². The summed E-state index contributed by atoms with van der Waals surface area (Å²) < 4.78 is 0. The highest BCUT2D eigenvalue weighted by molar-refractivity contribution is 5.89. The summed E-state index contributed by atoms with van der Waals surface area (Å²) in [6.45, 7) is 1.35. The van der Waals surface area contributed by atoms with E-state index in [1.54, 1.807) is 9.80 Å². The summed E-state index contributed by atoms with van der Waals surface area (Å²) in [4.78, 5) is 124. The van der Waals surface area contributed by atoms with Crippen LogP contribution in [-0.2, 0) is 49.6 Å². The molecule has 0 aliphatic heterocycles. The molecule has 1 saturated carbocycles. The quantitative estimate of drug-likeness (QED) is 0.0436. The number of nitrogens with zero attached hydrogens (tertiary/aromatic N) is 2. The minimum atomic E-state index is -1.55. The molecule has 0 aromatic heterocycles. The maximum Gasteiger partial charge on any atom is 0.326 e. The van der Waals surface area contributed by atoms with E-state index in [0.717, 1.165) is 16.3 Å². The molecule has 0 radical (unpaired) electrons. The number of hydrogen-bond acceptors (Lipinski definition) is 12. The summed E-state index contributed by atoms with van der Waals surface area (Å²) >= 11 is 0. The summed E-state index contributed by atoms with van der Waals surface area (Å²) in [6.07, 6.45) is 4.26. The number of rotatable bonds is 36. The minimum absolute atomic E-state index is 0.0233. The summed E-state index contributed by atoms with van der Waals surface area (Å²) in [5.41, 5.74) is 0.815. The molecular formula is C49H71N7O16. The van der Waals surface area contributed by atoms with Crippen LogP contribution in [0.2, 0.25) is 0 Å². The number of carboxylic acid groups (broad SMARTS) is 6. The first-order valence-electron chi connectivity index (χ1n) is 24.5. The van der Waals surface area contributed by atoms with Gasteiger partial charge >= 0.3 is 41.8 Å². The lowest BCUT2D eigenvalue weighted by atomic mass is 9.81. The molecule has 72 heavy (non-hydrogen) atoms.